The number of rotatable bonds is 5. The van der Waals surface area contributed by atoms with Crippen LogP contribution in [0.1, 0.15) is 19.3 Å². The Balaban J connectivity index is 1.72. The van der Waals surface area contributed by atoms with E-state index in [4.69, 9.17) is 9.84 Å². The van der Waals surface area contributed by atoms with E-state index in [1.54, 1.807) is 16.7 Å². The Morgan fingerprint density at radius 1 is 1.35 bits per heavy atom. The zero-order chi connectivity index (χ0) is 14.4. The summed E-state index contributed by atoms with van der Waals surface area (Å²) in [5.41, 5.74) is 0. The van der Waals surface area contributed by atoms with Crippen LogP contribution in [0, 0.1) is 0 Å². The first-order valence-electron chi connectivity index (χ1n) is 7.08. The van der Waals surface area contributed by atoms with Gasteiger partial charge in [0.1, 0.15) is 0 Å². The molecule has 114 valence electrons. The lowest BCUT2D eigenvalue weighted by molar-refractivity contribution is -0.146. The van der Waals surface area contributed by atoms with Crippen molar-refractivity contribution in [2.75, 3.05) is 38.5 Å². The van der Waals surface area contributed by atoms with Gasteiger partial charge in [-0.1, -0.05) is 0 Å². The minimum atomic E-state index is -0.881. The van der Waals surface area contributed by atoms with Crippen LogP contribution in [-0.2, 0) is 14.3 Å². The highest BCUT2D eigenvalue weighted by Crippen LogP contribution is 2.21. The third kappa shape index (κ3) is 4.96. The van der Waals surface area contributed by atoms with Crippen molar-refractivity contribution in [3.8, 4) is 0 Å². The fraction of sp³-hybridized carbons (Fsp3) is 0.846. The van der Waals surface area contributed by atoms with Crippen molar-refractivity contribution in [2.24, 2.45) is 0 Å². The molecule has 1 amide bonds. The van der Waals surface area contributed by atoms with Crippen molar-refractivity contribution in [1.82, 2.24) is 10.2 Å². The van der Waals surface area contributed by atoms with Crippen molar-refractivity contribution < 1.29 is 19.4 Å². The summed E-state index contributed by atoms with van der Waals surface area (Å²) in [5, 5.41) is 12.6. The van der Waals surface area contributed by atoms with E-state index in [0.717, 1.165) is 25.9 Å². The molecule has 1 unspecified atom stereocenters. The van der Waals surface area contributed by atoms with E-state index >= 15 is 0 Å². The number of nitrogens with zero attached hydrogens (tertiary/aromatic N) is 1. The Hall–Kier alpha value is -0.790. The van der Waals surface area contributed by atoms with Crippen molar-refractivity contribution in [3.63, 3.8) is 0 Å². The zero-order valence-electron chi connectivity index (χ0n) is 11.5. The molecule has 0 bridgehead atoms. The zero-order valence-corrected chi connectivity index (χ0v) is 12.4. The summed E-state index contributed by atoms with van der Waals surface area (Å²) in [7, 11) is 0. The van der Waals surface area contributed by atoms with Gasteiger partial charge in [0.2, 0.25) is 5.91 Å². The first kappa shape index (κ1) is 15.6. The second-order valence-corrected chi connectivity index (χ2v) is 6.48. The van der Waals surface area contributed by atoms with Gasteiger partial charge in [0, 0.05) is 18.3 Å². The molecule has 0 aliphatic carbocycles. The standard InChI is InChI=1S/C13H22N2O4S/c16-12(9-20-11-1-3-14-4-2-11)15-5-6-19-10(8-15)7-13(17)18/h10-11,14H,1-9H2,(H,17,18). The van der Waals surface area contributed by atoms with Crippen LogP contribution in [0.15, 0.2) is 0 Å². The maximum absolute atomic E-state index is 12.2. The highest BCUT2D eigenvalue weighted by Gasteiger charge is 2.26. The van der Waals surface area contributed by atoms with Crippen LogP contribution in [0.2, 0.25) is 0 Å². The van der Waals surface area contributed by atoms with E-state index in [-0.39, 0.29) is 18.4 Å². The summed E-state index contributed by atoms with van der Waals surface area (Å²) in [6, 6.07) is 0. The summed E-state index contributed by atoms with van der Waals surface area (Å²) in [4.78, 5) is 24.6. The first-order valence-corrected chi connectivity index (χ1v) is 8.13. The Morgan fingerprint density at radius 2 is 2.10 bits per heavy atom. The van der Waals surface area contributed by atoms with Crippen molar-refractivity contribution in [1.29, 1.82) is 0 Å². The lowest BCUT2D eigenvalue weighted by Crippen LogP contribution is -2.47. The second kappa shape index (κ2) is 7.85. The van der Waals surface area contributed by atoms with Gasteiger partial charge in [-0.2, -0.15) is 0 Å². The number of carboxylic acids is 1. The highest BCUT2D eigenvalue weighted by atomic mass is 32.2. The molecule has 2 fully saturated rings. The molecule has 0 spiro atoms. The monoisotopic (exact) mass is 302 g/mol. The minimum absolute atomic E-state index is 0.0365. The molecule has 0 aromatic rings. The molecule has 2 aliphatic rings. The molecule has 0 aromatic heterocycles. The molecule has 0 radical (unpaired) electrons. The van der Waals surface area contributed by atoms with Gasteiger partial charge < -0.3 is 20.1 Å². The molecular weight excluding hydrogens is 280 g/mol. The summed E-state index contributed by atoms with van der Waals surface area (Å²) >= 11 is 1.73. The molecule has 2 aliphatic heterocycles. The number of hydrogen-bond acceptors (Lipinski definition) is 5. The fourth-order valence-corrected chi connectivity index (χ4v) is 3.64. The quantitative estimate of drug-likeness (QED) is 0.754. The SMILES string of the molecule is O=C(O)CC1CN(C(=O)CSC2CCNCC2)CCO1. The van der Waals surface area contributed by atoms with E-state index in [2.05, 4.69) is 5.32 Å². The number of aliphatic carboxylic acids is 1. The van der Waals surface area contributed by atoms with E-state index in [1.807, 2.05) is 0 Å². The Bertz CT molecular complexity index is 347. The van der Waals surface area contributed by atoms with E-state index in [9.17, 15) is 9.59 Å². The molecule has 7 heteroatoms. The van der Waals surface area contributed by atoms with E-state index in [1.165, 1.54) is 0 Å². The summed E-state index contributed by atoms with van der Waals surface area (Å²) in [6.07, 6.45) is 1.82. The molecule has 6 nitrogen and oxygen atoms in total. The number of morpholine rings is 1. The van der Waals surface area contributed by atoms with Gasteiger partial charge in [-0.3, -0.25) is 9.59 Å². The third-order valence-corrected chi connectivity index (χ3v) is 4.98. The number of thioether (sulfide) groups is 1. The van der Waals surface area contributed by atoms with Gasteiger partial charge >= 0.3 is 5.97 Å². The van der Waals surface area contributed by atoms with Crippen molar-refractivity contribution >= 4 is 23.6 Å². The lowest BCUT2D eigenvalue weighted by atomic mass is 10.2. The number of carbonyl (C=O) groups is 2. The van der Waals surface area contributed by atoms with Crippen molar-refractivity contribution in [2.45, 2.75) is 30.6 Å². The number of carbonyl (C=O) groups excluding carboxylic acids is 1. The molecule has 2 heterocycles. The van der Waals surface area contributed by atoms with Crippen molar-refractivity contribution in [3.05, 3.63) is 0 Å². The lowest BCUT2D eigenvalue weighted by Gasteiger charge is -2.32. The molecule has 2 rings (SSSR count). The van der Waals surface area contributed by atoms with Crippen LogP contribution in [-0.4, -0.2) is 71.8 Å². The summed E-state index contributed by atoms with van der Waals surface area (Å²) < 4.78 is 5.37. The Labute approximate surface area is 123 Å². The number of amides is 1. The Morgan fingerprint density at radius 3 is 2.80 bits per heavy atom. The molecule has 1 atom stereocenters. The Kier molecular flexibility index (Phi) is 6.12. The number of nitrogens with one attached hydrogen (secondary N) is 1. The summed E-state index contributed by atoms with van der Waals surface area (Å²) in [6.45, 7) is 3.47. The van der Waals surface area contributed by atoms with Gasteiger partial charge in [0.25, 0.3) is 0 Å². The van der Waals surface area contributed by atoms with Crippen LogP contribution < -0.4 is 5.32 Å². The minimum Gasteiger partial charge on any atom is -0.481 e. The van der Waals surface area contributed by atoms with Gasteiger partial charge in [0.05, 0.1) is 24.9 Å². The number of piperidine rings is 1. The van der Waals surface area contributed by atoms with Gasteiger partial charge in [-0.25, -0.2) is 0 Å². The van der Waals surface area contributed by atoms with Crippen LogP contribution in [0.5, 0.6) is 0 Å². The van der Waals surface area contributed by atoms with Gasteiger partial charge in [-0.15, -0.1) is 11.8 Å². The summed E-state index contributed by atoms with van der Waals surface area (Å²) in [5.74, 6) is -0.287. The molecule has 0 saturated carbocycles. The van der Waals surface area contributed by atoms with Gasteiger partial charge in [-0.05, 0) is 25.9 Å². The second-order valence-electron chi connectivity index (χ2n) is 5.19. The predicted octanol–water partition coefficient (Wildman–Crippen LogP) is 0.174. The number of hydrogen-bond donors (Lipinski definition) is 2. The van der Waals surface area contributed by atoms with Crippen LogP contribution in [0.3, 0.4) is 0 Å². The van der Waals surface area contributed by atoms with Gasteiger partial charge in [0.15, 0.2) is 0 Å². The maximum Gasteiger partial charge on any atom is 0.306 e. The third-order valence-electron chi connectivity index (χ3n) is 3.62. The molecule has 20 heavy (non-hydrogen) atoms. The molecule has 2 saturated heterocycles. The maximum atomic E-state index is 12.2. The predicted molar refractivity (Wildman–Crippen MR) is 76.9 cm³/mol. The highest BCUT2D eigenvalue weighted by molar-refractivity contribution is 8.00. The first-order chi connectivity index (χ1) is 9.65. The van der Waals surface area contributed by atoms with E-state index in [0.29, 0.717) is 30.7 Å². The topological polar surface area (TPSA) is 78.9 Å². The smallest absolute Gasteiger partial charge is 0.306 e. The van der Waals surface area contributed by atoms with Crippen LogP contribution in [0.25, 0.3) is 0 Å². The molecular formula is C13H22N2O4S. The average molecular weight is 302 g/mol. The normalized spacial score (nSPS) is 24.6. The molecule has 2 N–H and O–H groups in total. The number of ether oxygens (including phenoxy) is 1. The number of carboxylic acid groups (broad SMARTS) is 1. The van der Waals surface area contributed by atoms with Crippen LogP contribution in [0.4, 0.5) is 0 Å². The molecule has 0 aromatic carbocycles. The largest absolute Gasteiger partial charge is 0.481 e. The fourth-order valence-electron chi connectivity index (χ4n) is 2.51. The van der Waals surface area contributed by atoms with E-state index < -0.39 is 5.97 Å². The van der Waals surface area contributed by atoms with Crippen LogP contribution >= 0.6 is 11.8 Å². The average Bonchev–Trinajstić information content (AvgIpc) is 2.45.